The highest BCUT2D eigenvalue weighted by Crippen LogP contribution is 2.33. The minimum Gasteiger partial charge on any atom is -0.493 e. The Hall–Kier alpha value is -2.00. The monoisotopic (exact) mass is 314 g/mol. The Balaban J connectivity index is 2.08. The van der Waals surface area contributed by atoms with Gasteiger partial charge in [-0.25, -0.2) is 0 Å². The lowest BCUT2D eigenvalue weighted by Gasteiger charge is -2.16. The zero-order valence-corrected chi connectivity index (χ0v) is 14.2. The first-order chi connectivity index (χ1) is 11.2. The average Bonchev–Trinajstić information content (AvgIpc) is 2.58. The molecule has 0 spiro atoms. The third-order valence-electron chi connectivity index (χ3n) is 3.88. The molecule has 0 saturated carbocycles. The van der Waals surface area contributed by atoms with Crippen molar-refractivity contribution in [3.05, 3.63) is 59.2 Å². The maximum Gasteiger partial charge on any atom is 0.164 e. The van der Waals surface area contributed by atoms with Gasteiger partial charge < -0.3 is 14.6 Å². The van der Waals surface area contributed by atoms with E-state index in [9.17, 15) is 5.11 Å². The molecule has 0 aliphatic heterocycles. The van der Waals surface area contributed by atoms with Crippen LogP contribution < -0.4 is 9.47 Å². The Labute approximate surface area is 138 Å². The molecule has 0 fully saturated rings. The van der Waals surface area contributed by atoms with Gasteiger partial charge in [0.25, 0.3) is 0 Å². The van der Waals surface area contributed by atoms with Crippen LogP contribution in [0.4, 0.5) is 0 Å². The van der Waals surface area contributed by atoms with Crippen LogP contribution >= 0.6 is 0 Å². The molecular weight excluding hydrogens is 288 g/mol. The van der Waals surface area contributed by atoms with Crippen molar-refractivity contribution in [3.63, 3.8) is 0 Å². The van der Waals surface area contributed by atoms with Crippen molar-refractivity contribution in [1.82, 2.24) is 0 Å². The van der Waals surface area contributed by atoms with Gasteiger partial charge >= 0.3 is 0 Å². The molecule has 1 atom stereocenters. The van der Waals surface area contributed by atoms with Gasteiger partial charge in [0.15, 0.2) is 11.5 Å². The fraction of sp³-hybridized carbons (Fsp3) is 0.400. The molecule has 3 heteroatoms. The molecule has 124 valence electrons. The number of aryl methyl sites for hydroxylation is 2. The number of methoxy groups -OCH3 is 1. The highest BCUT2D eigenvalue weighted by molar-refractivity contribution is 5.46. The van der Waals surface area contributed by atoms with E-state index in [-0.39, 0.29) is 0 Å². The summed E-state index contributed by atoms with van der Waals surface area (Å²) >= 11 is 0. The van der Waals surface area contributed by atoms with Crippen LogP contribution in [0.5, 0.6) is 11.5 Å². The molecule has 1 N–H and O–H groups in total. The first-order valence-corrected chi connectivity index (χ1v) is 8.19. The third-order valence-corrected chi connectivity index (χ3v) is 3.88. The van der Waals surface area contributed by atoms with Crippen molar-refractivity contribution in [2.75, 3.05) is 13.7 Å². The molecular formula is C20H26O3. The number of aliphatic hydroxyl groups is 1. The van der Waals surface area contributed by atoms with Gasteiger partial charge in [-0.05, 0) is 43.4 Å². The predicted molar refractivity (Wildman–Crippen MR) is 93.2 cm³/mol. The van der Waals surface area contributed by atoms with Gasteiger partial charge in [-0.15, -0.1) is 0 Å². The minimum atomic E-state index is -0.471. The smallest absolute Gasteiger partial charge is 0.164 e. The number of hydrogen-bond acceptors (Lipinski definition) is 3. The van der Waals surface area contributed by atoms with E-state index in [0.717, 1.165) is 35.5 Å². The second-order valence-electron chi connectivity index (χ2n) is 5.76. The largest absolute Gasteiger partial charge is 0.493 e. The molecule has 0 amide bonds. The second kappa shape index (κ2) is 8.59. The van der Waals surface area contributed by atoms with E-state index in [4.69, 9.17) is 9.47 Å². The summed E-state index contributed by atoms with van der Waals surface area (Å²) in [5, 5.41) is 10.4. The number of para-hydroxylation sites is 1. The fourth-order valence-corrected chi connectivity index (χ4v) is 2.53. The van der Waals surface area contributed by atoms with Crippen LogP contribution in [-0.4, -0.2) is 18.8 Å². The number of rotatable bonds is 8. The van der Waals surface area contributed by atoms with Crippen LogP contribution in [0.15, 0.2) is 42.5 Å². The SMILES string of the molecule is CCCOc1c(CCC(O)c2ccc(C)cc2)cccc1OC. The average molecular weight is 314 g/mol. The van der Waals surface area contributed by atoms with Gasteiger partial charge in [0.2, 0.25) is 0 Å². The summed E-state index contributed by atoms with van der Waals surface area (Å²) < 4.78 is 11.3. The minimum absolute atomic E-state index is 0.471. The van der Waals surface area contributed by atoms with Crippen molar-refractivity contribution < 1.29 is 14.6 Å². The summed E-state index contributed by atoms with van der Waals surface area (Å²) in [5.41, 5.74) is 3.22. The summed E-state index contributed by atoms with van der Waals surface area (Å²) in [7, 11) is 1.65. The fourth-order valence-electron chi connectivity index (χ4n) is 2.53. The summed E-state index contributed by atoms with van der Waals surface area (Å²) in [4.78, 5) is 0. The molecule has 2 aromatic rings. The maximum absolute atomic E-state index is 10.4. The van der Waals surface area contributed by atoms with Gasteiger partial charge in [-0.3, -0.25) is 0 Å². The van der Waals surface area contributed by atoms with E-state index in [1.54, 1.807) is 7.11 Å². The first-order valence-electron chi connectivity index (χ1n) is 8.19. The normalized spacial score (nSPS) is 12.0. The van der Waals surface area contributed by atoms with E-state index < -0.39 is 6.10 Å². The van der Waals surface area contributed by atoms with Crippen molar-refractivity contribution in [1.29, 1.82) is 0 Å². The Morgan fingerprint density at radius 2 is 1.83 bits per heavy atom. The highest BCUT2D eigenvalue weighted by Gasteiger charge is 2.13. The molecule has 0 aliphatic carbocycles. The molecule has 0 aromatic heterocycles. The van der Waals surface area contributed by atoms with Gasteiger partial charge in [0, 0.05) is 0 Å². The van der Waals surface area contributed by atoms with Crippen molar-refractivity contribution in [2.24, 2.45) is 0 Å². The topological polar surface area (TPSA) is 38.7 Å². The molecule has 0 radical (unpaired) electrons. The lowest BCUT2D eigenvalue weighted by molar-refractivity contribution is 0.167. The Morgan fingerprint density at radius 3 is 2.48 bits per heavy atom. The lowest BCUT2D eigenvalue weighted by atomic mass is 10.00. The Morgan fingerprint density at radius 1 is 1.09 bits per heavy atom. The highest BCUT2D eigenvalue weighted by atomic mass is 16.5. The summed E-state index contributed by atoms with van der Waals surface area (Å²) in [5.74, 6) is 1.55. The van der Waals surface area contributed by atoms with Gasteiger partial charge in [0.1, 0.15) is 0 Å². The molecule has 23 heavy (non-hydrogen) atoms. The predicted octanol–water partition coefficient (Wildman–Crippen LogP) is 4.46. The molecule has 2 aromatic carbocycles. The van der Waals surface area contributed by atoms with Gasteiger partial charge in [0.05, 0.1) is 19.8 Å². The zero-order chi connectivity index (χ0) is 16.7. The van der Waals surface area contributed by atoms with Crippen LogP contribution in [0.2, 0.25) is 0 Å². The van der Waals surface area contributed by atoms with Crippen LogP contribution in [0.1, 0.15) is 42.6 Å². The van der Waals surface area contributed by atoms with Crippen LogP contribution in [0.25, 0.3) is 0 Å². The van der Waals surface area contributed by atoms with E-state index >= 15 is 0 Å². The third kappa shape index (κ3) is 4.73. The van der Waals surface area contributed by atoms with Crippen LogP contribution in [-0.2, 0) is 6.42 Å². The second-order valence-corrected chi connectivity index (χ2v) is 5.76. The van der Waals surface area contributed by atoms with Crippen molar-refractivity contribution in [3.8, 4) is 11.5 Å². The van der Waals surface area contributed by atoms with E-state index in [0.29, 0.717) is 13.0 Å². The first kappa shape index (κ1) is 17.4. The summed E-state index contributed by atoms with van der Waals surface area (Å²) in [6.45, 7) is 4.79. The maximum atomic E-state index is 10.4. The standard InChI is InChI=1S/C20H26O3/c1-4-14-23-20-17(6-5-7-19(20)22-3)12-13-18(21)16-10-8-15(2)9-11-16/h5-11,18,21H,4,12-14H2,1-3H3. The molecule has 2 rings (SSSR count). The van der Waals surface area contributed by atoms with Crippen LogP contribution in [0, 0.1) is 6.92 Å². The number of ether oxygens (including phenoxy) is 2. The molecule has 3 nitrogen and oxygen atoms in total. The Kier molecular flexibility index (Phi) is 6.48. The summed E-state index contributed by atoms with van der Waals surface area (Å²) in [6.07, 6.45) is 1.87. The van der Waals surface area contributed by atoms with Gasteiger partial charge in [-0.2, -0.15) is 0 Å². The Bertz CT molecular complexity index is 605. The van der Waals surface area contributed by atoms with E-state index in [1.165, 1.54) is 5.56 Å². The zero-order valence-electron chi connectivity index (χ0n) is 14.2. The number of aliphatic hydroxyl groups excluding tert-OH is 1. The molecule has 0 bridgehead atoms. The van der Waals surface area contributed by atoms with Gasteiger partial charge in [-0.1, -0.05) is 48.9 Å². The number of hydrogen-bond donors (Lipinski definition) is 1. The number of benzene rings is 2. The molecule has 1 unspecified atom stereocenters. The molecule has 0 heterocycles. The van der Waals surface area contributed by atoms with E-state index in [2.05, 4.69) is 6.92 Å². The van der Waals surface area contributed by atoms with Crippen molar-refractivity contribution >= 4 is 0 Å². The van der Waals surface area contributed by atoms with Crippen LogP contribution in [0.3, 0.4) is 0 Å². The molecule has 0 aliphatic rings. The quantitative estimate of drug-likeness (QED) is 0.782. The van der Waals surface area contributed by atoms with Crippen molar-refractivity contribution in [2.45, 2.75) is 39.2 Å². The van der Waals surface area contributed by atoms with E-state index in [1.807, 2.05) is 49.4 Å². The lowest BCUT2D eigenvalue weighted by Crippen LogP contribution is -2.04. The molecule has 0 saturated heterocycles. The summed E-state index contributed by atoms with van der Waals surface area (Å²) in [6, 6.07) is 13.9.